The van der Waals surface area contributed by atoms with Crippen molar-refractivity contribution in [3.8, 4) is 5.75 Å². The molecule has 2 aromatic heterocycles. The van der Waals surface area contributed by atoms with Gasteiger partial charge in [0.2, 0.25) is 0 Å². The van der Waals surface area contributed by atoms with Crippen molar-refractivity contribution < 1.29 is 27.4 Å². The average molecular weight is 506 g/mol. The Balaban J connectivity index is 0.00000306. The number of thiazole rings is 1. The van der Waals surface area contributed by atoms with Crippen LogP contribution in [0.2, 0.25) is 0 Å². The van der Waals surface area contributed by atoms with Crippen LogP contribution in [0.25, 0.3) is 10.2 Å². The first-order valence-corrected chi connectivity index (χ1v) is 10.8. The summed E-state index contributed by atoms with van der Waals surface area (Å²) in [5, 5.41) is 4.68. The Bertz CT molecular complexity index is 1090. The zero-order valence-corrected chi connectivity index (χ0v) is 19.6. The number of rotatable bonds is 6. The molecule has 0 unspecified atom stereocenters. The first-order valence-electron chi connectivity index (χ1n) is 9.98. The molecule has 1 aliphatic rings. The topological polar surface area (TPSA) is 72.7 Å². The van der Waals surface area contributed by atoms with Crippen molar-refractivity contribution in [3.05, 3.63) is 35.7 Å². The maximum atomic E-state index is 13.3. The van der Waals surface area contributed by atoms with E-state index in [4.69, 9.17) is 4.74 Å². The second-order valence-electron chi connectivity index (χ2n) is 7.38. The van der Waals surface area contributed by atoms with Gasteiger partial charge in [-0.05, 0) is 25.1 Å². The van der Waals surface area contributed by atoms with E-state index in [9.17, 15) is 18.0 Å². The fourth-order valence-corrected chi connectivity index (χ4v) is 4.38. The molecular weight excluding hydrogens is 483 g/mol. The number of benzene rings is 1. The number of fused-ring (bicyclic) bond motifs is 1. The van der Waals surface area contributed by atoms with Crippen LogP contribution in [0.5, 0.6) is 5.75 Å². The summed E-state index contributed by atoms with van der Waals surface area (Å²) in [6.07, 6.45) is -4.78. The number of carbonyl (C=O) groups is 1. The number of carbonyl (C=O) groups excluding carboxylic acids is 1. The van der Waals surface area contributed by atoms with Gasteiger partial charge in [0.1, 0.15) is 5.75 Å². The Labute approximate surface area is 198 Å². The second kappa shape index (κ2) is 10.2. The van der Waals surface area contributed by atoms with E-state index < -0.39 is 6.36 Å². The van der Waals surface area contributed by atoms with Gasteiger partial charge in [-0.15, -0.1) is 25.6 Å². The van der Waals surface area contributed by atoms with Crippen LogP contribution in [-0.4, -0.2) is 71.3 Å². The highest BCUT2D eigenvalue weighted by Crippen LogP contribution is 2.33. The molecule has 1 saturated heterocycles. The van der Waals surface area contributed by atoms with Crippen molar-refractivity contribution in [1.29, 1.82) is 0 Å². The molecule has 0 spiro atoms. The Morgan fingerprint density at radius 2 is 2.00 bits per heavy atom. The lowest BCUT2D eigenvalue weighted by atomic mass is 10.3. The number of hydrogen-bond acceptors (Lipinski definition) is 7. The van der Waals surface area contributed by atoms with Crippen LogP contribution in [0.4, 0.5) is 18.3 Å². The summed E-state index contributed by atoms with van der Waals surface area (Å²) in [5.41, 5.74) is 1.60. The molecule has 1 amide bonds. The molecule has 1 aliphatic heterocycles. The number of amides is 1. The number of nitrogens with zero attached hydrogens (tertiary/aromatic N) is 5. The summed E-state index contributed by atoms with van der Waals surface area (Å²) >= 11 is 1.13. The highest BCUT2D eigenvalue weighted by atomic mass is 35.5. The Morgan fingerprint density at radius 1 is 1.27 bits per heavy atom. The molecule has 4 rings (SSSR count). The van der Waals surface area contributed by atoms with Crippen LogP contribution in [-0.2, 0) is 11.8 Å². The van der Waals surface area contributed by atoms with Gasteiger partial charge in [-0.2, -0.15) is 5.10 Å². The van der Waals surface area contributed by atoms with Crippen molar-refractivity contribution in [3.63, 3.8) is 0 Å². The van der Waals surface area contributed by atoms with Crippen LogP contribution in [0, 0.1) is 6.92 Å². The summed E-state index contributed by atoms with van der Waals surface area (Å²) in [6, 6.07) is 5.64. The average Bonchev–Trinajstić information content (AvgIpc) is 3.30. The summed E-state index contributed by atoms with van der Waals surface area (Å²) in [4.78, 5) is 21.5. The third-order valence-corrected chi connectivity index (χ3v) is 6.18. The fourth-order valence-electron chi connectivity index (χ4n) is 3.36. The summed E-state index contributed by atoms with van der Waals surface area (Å²) in [7, 11) is 1.75. The number of morpholine rings is 1. The van der Waals surface area contributed by atoms with E-state index in [0.717, 1.165) is 30.1 Å². The van der Waals surface area contributed by atoms with Crippen LogP contribution in [0.15, 0.2) is 24.3 Å². The van der Waals surface area contributed by atoms with Gasteiger partial charge >= 0.3 is 6.36 Å². The smallest absolute Gasteiger partial charge is 0.406 e. The second-order valence-corrected chi connectivity index (χ2v) is 8.39. The molecule has 0 saturated carbocycles. The van der Waals surface area contributed by atoms with E-state index in [2.05, 4.69) is 19.7 Å². The molecule has 0 aliphatic carbocycles. The number of aromatic nitrogens is 3. The van der Waals surface area contributed by atoms with Gasteiger partial charge in [-0.25, -0.2) is 4.98 Å². The van der Waals surface area contributed by atoms with Crippen LogP contribution >= 0.6 is 23.7 Å². The molecule has 13 heteroatoms. The minimum absolute atomic E-state index is 0. The van der Waals surface area contributed by atoms with Gasteiger partial charge in [0, 0.05) is 45.0 Å². The van der Waals surface area contributed by atoms with Crippen LogP contribution < -0.4 is 9.64 Å². The predicted octanol–water partition coefficient (Wildman–Crippen LogP) is 3.64. The minimum Gasteiger partial charge on any atom is -0.406 e. The zero-order valence-electron chi connectivity index (χ0n) is 18.0. The number of aryl methyl sites for hydroxylation is 2. The van der Waals surface area contributed by atoms with Gasteiger partial charge in [-0.1, -0.05) is 11.3 Å². The SMILES string of the molecule is Cc1cc(C(=O)N(CCN2CCOCC2)c2nc3ccc(OC(F)(F)F)cc3s2)nn1C.Cl. The molecule has 0 radical (unpaired) electrons. The molecule has 33 heavy (non-hydrogen) atoms. The van der Waals surface area contributed by atoms with Gasteiger partial charge in [0.25, 0.3) is 5.91 Å². The first-order chi connectivity index (χ1) is 15.2. The maximum Gasteiger partial charge on any atom is 0.573 e. The number of alkyl halides is 3. The lowest BCUT2D eigenvalue weighted by Gasteiger charge is -2.29. The maximum absolute atomic E-state index is 13.3. The van der Waals surface area contributed by atoms with E-state index >= 15 is 0 Å². The predicted molar refractivity (Wildman–Crippen MR) is 120 cm³/mol. The zero-order chi connectivity index (χ0) is 22.9. The normalized spacial score (nSPS) is 14.8. The van der Waals surface area contributed by atoms with Crippen molar-refractivity contribution in [2.24, 2.45) is 7.05 Å². The van der Waals surface area contributed by atoms with E-state index in [0.29, 0.717) is 41.7 Å². The summed E-state index contributed by atoms with van der Waals surface area (Å²) < 4.78 is 49.2. The van der Waals surface area contributed by atoms with E-state index in [-0.39, 0.29) is 29.8 Å². The van der Waals surface area contributed by atoms with Gasteiger partial charge < -0.3 is 9.47 Å². The molecule has 3 heterocycles. The van der Waals surface area contributed by atoms with Crippen molar-refractivity contribution in [2.75, 3.05) is 44.3 Å². The molecule has 8 nitrogen and oxygen atoms in total. The van der Waals surface area contributed by atoms with Gasteiger partial charge in [0.15, 0.2) is 10.8 Å². The Morgan fingerprint density at radius 3 is 2.64 bits per heavy atom. The molecule has 3 aromatic rings. The lowest BCUT2D eigenvalue weighted by molar-refractivity contribution is -0.274. The summed E-state index contributed by atoms with van der Waals surface area (Å²) in [5.74, 6) is -0.639. The van der Waals surface area contributed by atoms with Crippen LogP contribution in [0.1, 0.15) is 16.2 Å². The van der Waals surface area contributed by atoms with Gasteiger partial charge in [-0.3, -0.25) is 19.3 Å². The van der Waals surface area contributed by atoms with Crippen molar-refractivity contribution in [2.45, 2.75) is 13.3 Å². The summed E-state index contributed by atoms with van der Waals surface area (Å²) in [6.45, 7) is 5.62. The molecule has 180 valence electrons. The minimum atomic E-state index is -4.78. The molecule has 0 N–H and O–H groups in total. The van der Waals surface area contributed by atoms with E-state index in [1.807, 2.05) is 6.92 Å². The van der Waals surface area contributed by atoms with Crippen molar-refractivity contribution >= 4 is 45.0 Å². The molecule has 0 atom stereocenters. The van der Waals surface area contributed by atoms with Gasteiger partial charge in [0.05, 0.1) is 23.4 Å². The monoisotopic (exact) mass is 505 g/mol. The third kappa shape index (κ3) is 6.14. The first kappa shape index (κ1) is 25.2. The lowest BCUT2D eigenvalue weighted by Crippen LogP contribution is -2.43. The Hall–Kier alpha value is -2.41. The number of anilines is 1. The number of ether oxygens (including phenoxy) is 2. The highest BCUT2D eigenvalue weighted by molar-refractivity contribution is 7.22. The third-order valence-electron chi connectivity index (χ3n) is 5.13. The van der Waals surface area contributed by atoms with E-state index in [1.54, 1.807) is 17.8 Å². The number of hydrogen-bond donors (Lipinski definition) is 0. The molecule has 0 bridgehead atoms. The molecule has 1 fully saturated rings. The van der Waals surface area contributed by atoms with E-state index in [1.165, 1.54) is 23.1 Å². The largest absolute Gasteiger partial charge is 0.573 e. The fraction of sp³-hybridized carbons (Fsp3) is 0.450. The standard InChI is InChI=1S/C20H22F3N5O3S.ClH/c1-13-11-16(25-26(13)2)18(29)28(6-5-27-7-9-30-10-8-27)19-24-15-4-3-14(12-17(15)32-19)31-20(21,22)23;/h3-4,11-12H,5-10H2,1-2H3;1H. The van der Waals surface area contributed by atoms with Crippen molar-refractivity contribution in [1.82, 2.24) is 19.7 Å². The number of halogens is 4. The van der Waals surface area contributed by atoms with Crippen LogP contribution in [0.3, 0.4) is 0 Å². The highest BCUT2D eigenvalue weighted by Gasteiger charge is 2.31. The quantitative estimate of drug-likeness (QED) is 0.509. The molecular formula is C20H23ClF3N5O3S. The Kier molecular flexibility index (Phi) is 7.83. The molecule has 1 aromatic carbocycles.